The van der Waals surface area contributed by atoms with Crippen LogP contribution in [0.15, 0.2) is 47.0 Å². The Morgan fingerprint density at radius 1 is 1.19 bits per heavy atom. The predicted octanol–water partition coefficient (Wildman–Crippen LogP) is 2.22. The van der Waals surface area contributed by atoms with Gasteiger partial charge in [0, 0.05) is 61.8 Å². The van der Waals surface area contributed by atoms with E-state index in [1.165, 1.54) is 12.1 Å². The number of aromatic amines is 1. The largest absolute Gasteiger partial charge is 0.441 e. The first kappa shape index (κ1) is 21.1. The van der Waals surface area contributed by atoms with Crippen LogP contribution in [0, 0.1) is 5.82 Å². The monoisotopic (exact) mass is 457 g/mol. The molecule has 1 atom stereocenters. The van der Waals surface area contributed by atoms with Crippen LogP contribution in [0.5, 0.6) is 0 Å². The molecule has 4 aromatic rings. The summed E-state index contributed by atoms with van der Waals surface area (Å²) in [6, 6.07) is 10.2. The fraction of sp³-hybridized carbons (Fsp3) is 0.318. The number of rotatable bonds is 6. The zero-order valence-electron chi connectivity index (χ0n) is 17.3. The van der Waals surface area contributed by atoms with E-state index in [1.807, 2.05) is 24.4 Å². The van der Waals surface area contributed by atoms with Crippen molar-refractivity contribution in [3.05, 3.63) is 54.3 Å². The topological polar surface area (TPSA) is 117 Å². The number of halogens is 1. The van der Waals surface area contributed by atoms with Gasteiger partial charge < -0.3 is 14.7 Å². The molecule has 2 aromatic carbocycles. The van der Waals surface area contributed by atoms with E-state index in [-0.39, 0.29) is 12.2 Å². The highest BCUT2D eigenvalue weighted by molar-refractivity contribution is 7.89. The Kier molecular flexibility index (Phi) is 5.46. The second kappa shape index (κ2) is 8.28. The SMILES string of the molecule is NS(=O)(=O)C(Cc1nc2ccc(-c3c[nH]c4cc(F)ccc34)cc2o1)CN1CCNCC1. The van der Waals surface area contributed by atoms with Crippen LogP contribution in [0.25, 0.3) is 33.1 Å². The fourth-order valence-electron chi connectivity index (χ4n) is 4.23. The van der Waals surface area contributed by atoms with E-state index in [0.29, 0.717) is 29.1 Å². The molecule has 0 saturated carbocycles. The van der Waals surface area contributed by atoms with Gasteiger partial charge in [0.2, 0.25) is 10.0 Å². The summed E-state index contributed by atoms with van der Waals surface area (Å²) in [7, 11) is -3.77. The smallest absolute Gasteiger partial charge is 0.213 e. The molecule has 32 heavy (non-hydrogen) atoms. The average molecular weight is 458 g/mol. The van der Waals surface area contributed by atoms with Crippen LogP contribution in [-0.2, 0) is 16.4 Å². The summed E-state index contributed by atoms with van der Waals surface area (Å²) in [5.74, 6) is 0.0405. The van der Waals surface area contributed by atoms with Gasteiger partial charge in [-0.15, -0.1) is 0 Å². The van der Waals surface area contributed by atoms with Gasteiger partial charge in [0.05, 0.1) is 5.25 Å². The van der Waals surface area contributed by atoms with Gasteiger partial charge in [0.15, 0.2) is 11.5 Å². The molecule has 0 bridgehead atoms. The molecule has 0 spiro atoms. The van der Waals surface area contributed by atoms with Crippen molar-refractivity contribution < 1.29 is 17.2 Å². The number of nitrogens with zero attached hydrogens (tertiary/aromatic N) is 2. The molecular formula is C22H24FN5O3S. The lowest BCUT2D eigenvalue weighted by molar-refractivity contribution is 0.237. The molecule has 2 aromatic heterocycles. The summed E-state index contributed by atoms with van der Waals surface area (Å²) >= 11 is 0. The van der Waals surface area contributed by atoms with E-state index in [9.17, 15) is 12.8 Å². The Morgan fingerprint density at radius 2 is 2.00 bits per heavy atom. The van der Waals surface area contributed by atoms with Crippen LogP contribution in [0.1, 0.15) is 5.89 Å². The molecule has 0 aliphatic carbocycles. The number of primary sulfonamides is 1. The zero-order valence-corrected chi connectivity index (χ0v) is 18.2. The summed E-state index contributed by atoms with van der Waals surface area (Å²) in [6.07, 6.45) is 1.94. The minimum atomic E-state index is -3.77. The van der Waals surface area contributed by atoms with E-state index >= 15 is 0 Å². The van der Waals surface area contributed by atoms with Gasteiger partial charge >= 0.3 is 0 Å². The fourth-order valence-corrected chi connectivity index (χ4v) is 5.02. The molecule has 1 aliphatic rings. The van der Waals surface area contributed by atoms with E-state index in [4.69, 9.17) is 9.56 Å². The number of nitrogens with one attached hydrogen (secondary N) is 2. The highest BCUT2D eigenvalue weighted by atomic mass is 32.2. The molecule has 168 valence electrons. The van der Waals surface area contributed by atoms with Crippen LogP contribution in [0.4, 0.5) is 4.39 Å². The summed E-state index contributed by atoms with van der Waals surface area (Å²) in [5.41, 5.74) is 3.72. The van der Waals surface area contributed by atoms with Crippen molar-refractivity contribution in [1.29, 1.82) is 0 Å². The van der Waals surface area contributed by atoms with Crippen molar-refractivity contribution >= 4 is 32.0 Å². The molecule has 3 heterocycles. The second-order valence-corrected chi connectivity index (χ2v) is 9.99. The maximum Gasteiger partial charge on any atom is 0.213 e. The Hall–Kier alpha value is -2.79. The van der Waals surface area contributed by atoms with E-state index in [1.54, 1.807) is 6.07 Å². The van der Waals surface area contributed by atoms with Gasteiger partial charge in [-0.25, -0.2) is 22.9 Å². The summed E-state index contributed by atoms with van der Waals surface area (Å²) in [5, 5.41) is 8.88. The number of oxazole rings is 1. The van der Waals surface area contributed by atoms with Crippen molar-refractivity contribution in [2.75, 3.05) is 32.7 Å². The molecule has 1 aliphatic heterocycles. The van der Waals surface area contributed by atoms with Crippen molar-refractivity contribution in [3.63, 3.8) is 0 Å². The second-order valence-electron chi connectivity index (χ2n) is 8.15. The van der Waals surface area contributed by atoms with E-state index in [0.717, 1.165) is 42.7 Å². The van der Waals surface area contributed by atoms with Gasteiger partial charge in [-0.3, -0.25) is 4.90 Å². The van der Waals surface area contributed by atoms with E-state index in [2.05, 4.69) is 20.2 Å². The molecule has 1 saturated heterocycles. The third kappa shape index (κ3) is 4.26. The number of nitrogens with two attached hydrogens (primary N) is 1. The van der Waals surface area contributed by atoms with Crippen LogP contribution >= 0.6 is 0 Å². The Labute approximate surface area is 184 Å². The molecule has 1 fully saturated rings. The number of fused-ring (bicyclic) bond motifs is 2. The zero-order chi connectivity index (χ0) is 22.3. The predicted molar refractivity (Wildman–Crippen MR) is 121 cm³/mol. The number of hydrogen-bond acceptors (Lipinski definition) is 6. The molecular weight excluding hydrogens is 433 g/mol. The van der Waals surface area contributed by atoms with Crippen LogP contribution in [0.2, 0.25) is 0 Å². The normalized spacial score (nSPS) is 16.7. The Bertz CT molecular complexity index is 1370. The molecule has 10 heteroatoms. The lowest BCUT2D eigenvalue weighted by atomic mass is 10.0. The number of H-pyrrole nitrogens is 1. The highest BCUT2D eigenvalue weighted by Gasteiger charge is 2.27. The van der Waals surface area contributed by atoms with Crippen molar-refractivity contribution in [3.8, 4) is 11.1 Å². The molecule has 0 radical (unpaired) electrons. The molecule has 8 nitrogen and oxygen atoms in total. The minimum Gasteiger partial charge on any atom is -0.441 e. The number of sulfonamides is 1. The van der Waals surface area contributed by atoms with Crippen LogP contribution < -0.4 is 10.5 Å². The van der Waals surface area contributed by atoms with Crippen molar-refractivity contribution in [1.82, 2.24) is 20.2 Å². The standard InChI is InChI=1S/C22H24FN5O3S/c23-15-2-3-17-18(12-26-20(17)10-15)14-1-4-19-21(9-14)31-22(27-19)11-16(32(24,29)30)13-28-7-5-25-6-8-28/h1-4,9-10,12,16,25-26H,5-8,11,13H2,(H2,24,29,30). The first-order valence-electron chi connectivity index (χ1n) is 10.5. The quantitative estimate of drug-likeness (QED) is 0.409. The Morgan fingerprint density at radius 3 is 2.78 bits per heavy atom. The lowest BCUT2D eigenvalue weighted by Gasteiger charge is -2.29. The minimum absolute atomic E-state index is 0.110. The number of piperazine rings is 1. The van der Waals surface area contributed by atoms with E-state index < -0.39 is 15.3 Å². The maximum absolute atomic E-state index is 13.5. The number of hydrogen-bond donors (Lipinski definition) is 3. The van der Waals surface area contributed by atoms with Gasteiger partial charge in [-0.05, 0) is 35.9 Å². The first-order chi connectivity index (χ1) is 15.4. The summed E-state index contributed by atoms with van der Waals surface area (Å²) in [4.78, 5) is 9.66. The molecule has 4 N–H and O–H groups in total. The van der Waals surface area contributed by atoms with Gasteiger partial charge in [-0.2, -0.15) is 0 Å². The van der Waals surface area contributed by atoms with Crippen LogP contribution in [0.3, 0.4) is 0 Å². The molecule has 1 unspecified atom stereocenters. The maximum atomic E-state index is 13.5. The third-order valence-electron chi connectivity index (χ3n) is 5.93. The van der Waals surface area contributed by atoms with Gasteiger partial charge in [-0.1, -0.05) is 6.07 Å². The number of aromatic nitrogens is 2. The van der Waals surface area contributed by atoms with Gasteiger partial charge in [0.25, 0.3) is 0 Å². The average Bonchev–Trinajstić information content (AvgIpc) is 3.35. The van der Waals surface area contributed by atoms with Crippen molar-refractivity contribution in [2.24, 2.45) is 5.14 Å². The molecule has 5 rings (SSSR count). The third-order valence-corrected chi connectivity index (χ3v) is 7.17. The summed E-state index contributed by atoms with van der Waals surface area (Å²) in [6.45, 7) is 3.54. The molecule has 0 amide bonds. The lowest BCUT2D eigenvalue weighted by Crippen LogP contribution is -2.49. The number of benzene rings is 2. The Balaban J connectivity index is 1.42. The van der Waals surface area contributed by atoms with Crippen molar-refractivity contribution in [2.45, 2.75) is 11.7 Å². The first-order valence-corrected chi connectivity index (χ1v) is 12.1. The van der Waals surface area contributed by atoms with Crippen LogP contribution in [-0.4, -0.2) is 61.3 Å². The van der Waals surface area contributed by atoms with Gasteiger partial charge in [0.1, 0.15) is 11.3 Å². The highest BCUT2D eigenvalue weighted by Crippen LogP contribution is 2.31. The summed E-state index contributed by atoms with van der Waals surface area (Å²) < 4.78 is 43.9.